The molecule has 2 aromatic heterocycles. The van der Waals surface area contributed by atoms with Crippen molar-refractivity contribution < 1.29 is 22.8 Å². The molecule has 1 aliphatic rings. The van der Waals surface area contributed by atoms with E-state index >= 15 is 0 Å². The highest BCUT2D eigenvalue weighted by Gasteiger charge is 2.31. The van der Waals surface area contributed by atoms with Gasteiger partial charge in [-0.3, -0.25) is 14.9 Å². The number of benzene rings is 1. The van der Waals surface area contributed by atoms with Gasteiger partial charge in [-0.25, -0.2) is 4.98 Å². The normalized spacial score (nSPS) is 13.8. The molecule has 0 saturated carbocycles. The largest absolute Gasteiger partial charge is 0.416 e. The van der Waals surface area contributed by atoms with Crippen LogP contribution in [0.2, 0.25) is 0 Å². The summed E-state index contributed by atoms with van der Waals surface area (Å²) in [6.07, 6.45) is -3.92. The number of anilines is 1. The number of nitrogens with zero attached hydrogens (tertiary/aromatic N) is 2. The van der Waals surface area contributed by atoms with E-state index in [9.17, 15) is 22.8 Å². The Morgan fingerprint density at radius 1 is 1.10 bits per heavy atom. The molecule has 0 aliphatic carbocycles. The molecule has 0 radical (unpaired) electrons. The number of carbonyl (C=O) groups is 2. The summed E-state index contributed by atoms with van der Waals surface area (Å²) in [4.78, 5) is 31.7. The van der Waals surface area contributed by atoms with Gasteiger partial charge < -0.3 is 4.90 Å². The zero-order valence-corrected chi connectivity index (χ0v) is 16.5. The Kier molecular flexibility index (Phi) is 5.13. The molecule has 0 unspecified atom stereocenters. The van der Waals surface area contributed by atoms with Crippen molar-refractivity contribution in [3.63, 3.8) is 0 Å². The van der Waals surface area contributed by atoms with E-state index in [0.717, 1.165) is 22.7 Å². The number of hydrogen-bond acceptors (Lipinski definition) is 5. The maximum atomic E-state index is 12.7. The van der Waals surface area contributed by atoms with Crippen molar-refractivity contribution in [2.24, 2.45) is 0 Å². The Morgan fingerprint density at radius 2 is 1.86 bits per heavy atom. The third-order valence-corrected chi connectivity index (χ3v) is 6.16. The number of nitrogens with one attached hydrogen (secondary N) is 1. The van der Waals surface area contributed by atoms with Crippen LogP contribution in [0, 0.1) is 0 Å². The van der Waals surface area contributed by atoms with Crippen molar-refractivity contribution in [2.45, 2.75) is 19.1 Å². The summed E-state index contributed by atoms with van der Waals surface area (Å²) in [6, 6.07) is 5.93. The molecule has 0 saturated heterocycles. The lowest BCUT2D eigenvalue weighted by molar-refractivity contribution is -0.137. The van der Waals surface area contributed by atoms with Crippen LogP contribution in [0.1, 0.15) is 36.9 Å². The van der Waals surface area contributed by atoms with Crippen LogP contribution in [0.5, 0.6) is 0 Å². The third-order valence-electron chi connectivity index (χ3n) is 4.48. The molecule has 1 aliphatic heterocycles. The van der Waals surface area contributed by atoms with E-state index in [-0.39, 0.29) is 17.4 Å². The highest BCUT2D eigenvalue weighted by Crippen LogP contribution is 2.31. The maximum Gasteiger partial charge on any atom is 0.416 e. The monoisotopic (exact) mass is 437 g/mol. The number of carbonyl (C=O) groups excluding carboxylic acids is 2. The Labute approximate surface area is 171 Å². The molecule has 10 heteroatoms. The Bertz CT molecular complexity index is 1040. The molecular weight excluding hydrogens is 423 g/mol. The van der Waals surface area contributed by atoms with Crippen molar-refractivity contribution >= 4 is 39.6 Å². The van der Waals surface area contributed by atoms with Crippen LogP contribution in [-0.4, -0.2) is 28.2 Å². The number of hydrogen-bond donors (Lipinski definition) is 1. The van der Waals surface area contributed by atoms with Gasteiger partial charge in [0, 0.05) is 28.8 Å². The molecule has 3 heterocycles. The number of amides is 2. The number of aromatic nitrogens is 1. The first kappa shape index (κ1) is 19.6. The van der Waals surface area contributed by atoms with Gasteiger partial charge in [0.05, 0.1) is 23.4 Å². The van der Waals surface area contributed by atoms with Gasteiger partial charge in [-0.15, -0.1) is 0 Å². The summed E-state index contributed by atoms with van der Waals surface area (Å²) in [6.45, 7) is 0.718. The fourth-order valence-corrected chi connectivity index (χ4v) is 4.62. The summed E-state index contributed by atoms with van der Waals surface area (Å²) < 4.78 is 38.1. The van der Waals surface area contributed by atoms with Crippen LogP contribution in [0.4, 0.5) is 18.3 Å². The number of thiazole rings is 1. The lowest BCUT2D eigenvalue weighted by Gasteiger charge is -2.26. The van der Waals surface area contributed by atoms with Crippen molar-refractivity contribution in [3.05, 3.63) is 68.4 Å². The van der Waals surface area contributed by atoms with Crippen LogP contribution >= 0.6 is 22.7 Å². The molecule has 0 fully saturated rings. The number of halogens is 3. The third kappa shape index (κ3) is 4.18. The van der Waals surface area contributed by atoms with Crippen LogP contribution in [-0.2, 0) is 19.1 Å². The van der Waals surface area contributed by atoms with Crippen molar-refractivity contribution in [2.75, 3.05) is 11.9 Å². The average molecular weight is 437 g/mol. The second kappa shape index (κ2) is 7.60. The van der Waals surface area contributed by atoms with Crippen LogP contribution in [0.15, 0.2) is 41.1 Å². The van der Waals surface area contributed by atoms with Crippen molar-refractivity contribution in [1.82, 2.24) is 9.88 Å². The van der Waals surface area contributed by atoms with E-state index in [1.165, 1.54) is 34.8 Å². The average Bonchev–Trinajstić information content (AvgIpc) is 3.35. The minimum atomic E-state index is -4.44. The summed E-state index contributed by atoms with van der Waals surface area (Å²) in [5.41, 5.74) is 0.801. The number of alkyl halides is 3. The first-order valence-corrected chi connectivity index (χ1v) is 10.4. The van der Waals surface area contributed by atoms with Crippen LogP contribution < -0.4 is 5.32 Å². The molecule has 0 atom stereocenters. The van der Waals surface area contributed by atoms with E-state index < -0.39 is 11.7 Å². The Balaban J connectivity index is 1.45. The molecule has 150 valence electrons. The molecular formula is C19H14F3N3O2S2. The molecule has 3 aromatic rings. The minimum Gasteiger partial charge on any atom is -0.333 e. The fraction of sp³-hybridized carbons (Fsp3) is 0.211. The molecule has 4 rings (SSSR count). The smallest absolute Gasteiger partial charge is 0.333 e. The zero-order chi connectivity index (χ0) is 20.6. The molecule has 1 aromatic carbocycles. The second-order valence-electron chi connectivity index (χ2n) is 6.41. The minimum absolute atomic E-state index is 0.206. The van der Waals surface area contributed by atoms with E-state index in [1.54, 1.807) is 16.3 Å². The molecule has 5 nitrogen and oxygen atoms in total. The molecule has 29 heavy (non-hydrogen) atoms. The predicted molar refractivity (Wildman–Crippen MR) is 104 cm³/mol. The predicted octanol–water partition coefficient (Wildman–Crippen LogP) is 4.67. The fourth-order valence-electron chi connectivity index (χ4n) is 2.97. The number of rotatable bonds is 3. The standard InChI is InChI=1S/C19H14F3N3O2S2/c20-19(21,22)13-3-1-11(2-4-13)17(27)25-7-5-14-15(9-25)29-18(23-14)24-16(26)12-6-8-28-10-12/h1-4,6,8,10H,5,7,9H2,(H,23,24,26). The van der Waals surface area contributed by atoms with Crippen molar-refractivity contribution in [1.29, 1.82) is 0 Å². The second-order valence-corrected chi connectivity index (χ2v) is 8.27. The van der Waals surface area contributed by atoms with Gasteiger partial charge in [0.15, 0.2) is 5.13 Å². The number of fused-ring (bicyclic) bond motifs is 1. The summed E-state index contributed by atoms with van der Waals surface area (Å²) in [5, 5.41) is 6.79. The van der Waals surface area contributed by atoms with Gasteiger partial charge in [-0.1, -0.05) is 11.3 Å². The summed E-state index contributed by atoms with van der Waals surface area (Å²) in [7, 11) is 0. The van der Waals surface area contributed by atoms with E-state index in [1.807, 2.05) is 5.38 Å². The van der Waals surface area contributed by atoms with Gasteiger partial charge in [0.2, 0.25) is 0 Å². The highest BCUT2D eigenvalue weighted by molar-refractivity contribution is 7.16. The van der Waals surface area contributed by atoms with Gasteiger partial charge in [0.1, 0.15) is 0 Å². The summed E-state index contributed by atoms with van der Waals surface area (Å²) >= 11 is 2.73. The quantitative estimate of drug-likeness (QED) is 0.648. The zero-order valence-electron chi connectivity index (χ0n) is 14.8. The Morgan fingerprint density at radius 3 is 2.52 bits per heavy atom. The van der Waals surface area contributed by atoms with Crippen molar-refractivity contribution in [3.8, 4) is 0 Å². The maximum absolute atomic E-state index is 12.7. The lowest BCUT2D eigenvalue weighted by Crippen LogP contribution is -2.35. The van der Waals surface area contributed by atoms with Crippen LogP contribution in [0.3, 0.4) is 0 Å². The molecule has 2 amide bonds. The first-order chi connectivity index (χ1) is 13.8. The lowest BCUT2D eigenvalue weighted by atomic mass is 10.1. The van der Waals surface area contributed by atoms with Gasteiger partial charge in [-0.05, 0) is 35.7 Å². The molecule has 0 spiro atoms. The first-order valence-electron chi connectivity index (χ1n) is 8.60. The van der Waals surface area contributed by atoms with E-state index in [2.05, 4.69) is 10.3 Å². The Hall–Kier alpha value is -2.72. The van der Waals surface area contributed by atoms with Gasteiger partial charge in [-0.2, -0.15) is 24.5 Å². The molecule has 1 N–H and O–H groups in total. The molecule has 0 bridgehead atoms. The summed E-state index contributed by atoms with van der Waals surface area (Å²) in [5.74, 6) is -0.573. The highest BCUT2D eigenvalue weighted by atomic mass is 32.1. The van der Waals surface area contributed by atoms with E-state index in [4.69, 9.17) is 0 Å². The number of thiophene rings is 1. The SMILES string of the molecule is O=C(Nc1nc2c(s1)CN(C(=O)c1ccc(C(F)(F)F)cc1)CC2)c1ccsc1. The van der Waals surface area contributed by atoms with Gasteiger partial charge in [0.25, 0.3) is 11.8 Å². The van der Waals surface area contributed by atoms with Crippen LogP contribution in [0.25, 0.3) is 0 Å². The topological polar surface area (TPSA) is 62.3 Å². The van der Waals surface area contributed by atoms with E-state index in [0.29, 0.717) is 30.2 Å². The van der Waals surface area contributed by atoms with Gasteiger partial charge >= 0.3 is 6.18 Å².